The number of esters is 1. The summed E-state index contributed by atoms with van der Waals surface area (Å²) >= 11 is 0. The lowest BCUT2D eigenvalue weighted by atomic mass is 9.96. The van der Waals surface area contributed by atoms with Crippen molar-refractivity contribution in [3.63, 3.8) is 0 Å². The molecule has 21 heavy (non-hydrogen) atoms. The van der Waals surface area contributed by atoms with Crippen molar-refractivity contribution >= 4 is 5.97 Å². The van der Waals surface area contributed by atoms with Crippen LogP contribution >= 0.6 is 0 Å². The fraction of sp³-hybridized carbons (Fsp3) is 0.938. The number of piperazine rings is 1. The number of carbonyl (C=O) groups excluding carboxylic acids is 1. The first-order valence-corrected chi connectivity index (χ1v) is 8.32. The minimum absolute atomic E-state index is 0.0984. The summed E-state index contributed by atoms with van der Waals surface area (Å²) in [5.74, 6) is -0.0984. The molecule has 1 aliphatic heterocycles. The molecule has 1 aliphatic carbocycles. The normalized spacial score (nSPS) is 27.3. The lowest BCUT2D eigenvalue weighted by Gasteiger charge is -2.40. The van der Waals surface area contributed by atoms with Crippen LogP contribution < -0.4 is 5.32 Å². The Morgan fingerprint density at radius 3 is 2.67 bits per heavy atom. The molecule has 0 bridgehead atoms. The Morgan fingerprint density at radius 1 is 1.38 bits per heavy atom. The molecule has 0 amide bonds. The number of hydrogen-bond acceptors (Lipinski definition) is 5. The van der Waals surface area contributed by atoms with Crippen LogP contribution in [0.5, 0.6) is 0 Å². The van der Waals surface area contributed by atoms with Gasteiger partial charge in [-0.25, -0.2) is 0 Å². The van der Waals surface area contributed by atoms with Gasteiger partial charge in [-0.3, -0.25) is 15.0 Å². The third kappa shape index (κ3) is 4.66. The van der Waals surface area contributed by atoms with E-state index in [2.05, 4.69) is 29.1 Å². The van der Waals surface area contributed by atoms with Crippen molar-refractivity contribution in [3.05, 3.63) is 0 Å². The Morgan fingerprint density at radius 2 is 2.10 bits per heavy atom. The molecule has 1 heterocycles. The van der Waals surface area contributed by atoms with Crippen molar-refractivity contribution in [2.75, 3.05) is 39.8 Å². The van der Waals surface area contributed by atoms with E-state index in [0.717, 1.165) is 32.6 Å². The summed E-state index contributed by atoms with van der Waals surface area (Å²) in [4.78, 5) is 17.2. The van der Waals surface area contributed by atoms with Crippen molar-refractivity contribution in [2.24, 2.45) is 0 Å². The summed E-state index contributed by atoms with van der Waals surface area (Å²) < 4.78 is 5.29. The topological polar surface area (TPSA) is 44.8 Å². The van der Waals surface area contributed by atoms with Gasteiger partial charge in [0.2, 0.25) is 0 Å². The van der Waals surface area contributed by atoms with Gasteiger partial charge < -0.3 is 9.64 Å². The first-order valence-electron chi connectivity index (χ1n) is 8.32. The Balaban J connectivity index is 1.90. The van der Waals surface area contributed by atoms with Crippen LogP contribution in [0.2, 0.25) is 0 Å². The van der Waals surface area contributed by atoms with Crippen molar-refractivity contribution in [1.82, 2.24) is 15.1 Å². The Labute approximate surface area is 129 Å². The van der Waals surface area contributed by atoms with E-state index in [1.165, 1.54) is 12.8 Å². The number of carbonyl (C=O) groups is 1. The number of nitrogens with one attached hydrogen (secondary N) is 1. The summed E-state index contributed by atoms with van der Waals surface area (Å²) in [5.41, 5.74) is -0.541. The van der Waals surface area contributed by atoms with Crippen molar-refractivity contribution in [1.29, 1.82) is 0 Å². The highest BCUT2D eigenvalue weighted by atomic mass is 16.5. The van der Waals surface area contributed by atoms with E-state index in [-0.39, 0.29) is 5.97 Å². The number of likely N-dealkylation sites (N-methyl/N-ethyl adjacent to an activating group) is 1. The van der Waals surface area contributed by atoms with Crippen molar-refractivity contribution < 1.29 is 9.53 Å². The molecular weight excluding hydrogens is 266 g/mol. The SMILES string of the molecule is CCOC(=O)C(C)(CCN1CCN(C)CC1C)NC1CC1. The Bertz CT molecular complexity index is 359. The van der Waals surface area contributed by atoms with E-state index in [0.29, 0.717) is 18.7 Å². The van der Waals surface area contributed by atoms with Crippen LogP contribution in [0.1, 0.15) is 40.0 Å². The van der Waals surface area contributed by atoms with Crippen LogP contribution in [0.15, 0.2) is 0 Å². The third-order valence-corrected chi connectivity index (χ3v) is 4.69. The summed E-state index contributed by atoms with van der Waals surface area (Å²) in [7, 11) is 2.17. The van der Waals surface area contributed by atoms with Gasteiger partial charge >= 0.3 is 5.97 Å². The van der Waals surface area contributed by atoms with Gasteiger partial charge in [0.05, 0.1) is 6.61 Å². The second-order valence-electron chi connectivity index (χ2n) is 6.87. The molecule has 5 nitrogen and oxygen atoms in total. The lowest BCUT2D eigenvalue weighted by molar-refractivity contribution is -0.151. The zero-order valence-electron chi connectivity index (χ0n) is 14.0. The van der Waals surface area contributed by atoms with Gasteiger partial charge in [-0.1, -0.05) is 0 Å². The molecule has 5 heteroatoms. The van der Waals surface area contributed by atoms with E-state index in [1.54, 1.807) is 0 Å². The molecular formula is C16H31N3O2. The summed E-state index contributed by atoms with van der Waals surface area (Å²) in [6, 6.07) is 1.06. The largest absolute Gasteiger partial charge is 0.465 e. The zero-order chi connectivity index (χ0) is 15.5. The highest BCUT2D eigenvalue weighted by molar-refractivity contribution is 5.80. The Hall–Kier alpha value is -0.650. The van der Waals surface area contributed by atoms with E-state index >= 15 is 0 Å². The molecule has 2 atom stereocenters. The van der Waals surface area contributed by atoms with Crippen molar-refractivity contribution in [3.8, 4) is 0 Å². The minimum atomic E-state index is -0.541. The highest BCUT2D eigenvalue weighted by Crippen LogP contribution is 2.25. The smallest absolute Gasteiger partial charge is 0.326 e. The van der Waals surface area contributed by atoms with Crippen molar-refractivity contribution in [2.45, 2.75) is 57.7 Å². The van der Waals surface area contributed by atoms with Gasteiger partial charge in [-0.2, -0.15) is 0 Å². The Kier molecular flexibility index (Phi) is 5.63. The number of ether oxygens (including phenoxy) is 1. The summed E-state index contributed by atoms with van der Waals surface area (Å²) in [6.45, 7) is 10.8. The summed E-state index contributed by atoms with van der Waals surface area (Å²) in [6.07, 6.45) is 3.18. The number of rotatable bonds is 7. The molecule has 2 rings (SSSR count). The van der Waals surface area contributed by atoms with Gasteiger partial charge in [-0.05, 0) is 47.1 Å². The van der Waals surface area contributed by atoms with Gasteiger partial charge in [0.25, 0.3) is 0 Å². The number of hydrogen-bond donors (Lipinski definition) is 1. The van der Waals surface area contributed by atoms with E-state index in [4.69, 9.17) is 4.74 Å². The predicted octanol–water partition coefficient (Wildman–Crippen LogP) is 1.09. The van der Waals surface area contributed by atoms with Crippen LogP contribution in [-0.4, -0.2) is 73.2 Å². The molecule has 122 valence electrons. The molecule has 2 unspecified atom stereocenters. The average molecular weight is 297 g/mol. The maximum Gasteiger partial charge on any atom is 0.326 e. The molecule has 1 saturated carbocycles. The molecule has 2 aliphatic rings. The quantitative estimate of drug-likeness (QED) is 0.713. The van der Waals surface area contributed by atoms with Gasteiger partial charge in [0, 0.05) is 38.3 Å². The van der Waals surface area contributed by atoms with E-state index in [1.807, 2.05) is 13.8 Å². The first kappa shape index (κ1) is 16.7. The maximum absolute atomic E-state index is 12.3. The summed E-state index contributed by atoms with van der Waals surface area (Å²) in [5, 5.41) is 3.50. The van der Waals surface area contributed by atoms with Crippen LogP contribution in [0.4, 0.5) is 0 Å². The molecule has 2 fully saturated rings. The average Bonchev–Trinajstić information content (AvgIpc) is 3.22. The van der Waals surface area contributed by atoms with Crippen LogP contribution in [-0.2, 0) is 9.53 Å². The second-order valence-corrected chi connectivity index (χ2v) is 6.87. The molecule has 1 N–H and O–H groups in total. The first-order chi connectivity index (χ1) is 9.94. The molecule has 0 aromatic heterocycles. The fourth-order valence-corrected chi connectivity index (χ4v) is 3.08. The lowest BCUT2D eigenvalue weighted by Crippen LogP contribution is -2.56. The van der Waals surface area contributed by atoms with Crippen LogP contribution in [0.3, 0.4) is 0 Å². The van der Waals surface area contributed by atoms with Gasteiger partial charge in [-0.15, -0.1) is 0 Å². The monoisotopic (exact) mass is 297 g/mol. The fourth-order valence-electron chi connectivity index (χ4n) is 3.08. The number of nitrogens with zero attached hydrogens (tertiary/aromatic N) is 2. The zero-order valence-corrected chi connectivity index (χ0v) is 14.0. The molecule has 0 aromatic rings. The van der Waals surface area contributed by atoms with E-state index in [9.17, 15) is 4.79 Å². The standard InChI is InChI=1S/C16H31N3O2/c1-5-21-15(20)16(3,17-14-6-7-14)8-9-19-11-10-18(4)12-13(19)2/h13-14,17H,5-12H2,1-4H3. The van der Waals surface area contributed by atoms with Crippen LogP contribution in [0.25, 0.3) is 0 Å². The minimum Gasteiger partial charge on any atom is -0.465 e. The van der Waals surface area contributed by atoms with Gasteiger partial charge in [0.15, 0.2) is 0 Å². The third-order valence-electron chi connectivity index (χ3n) is 4.69. The van der Waals surface area contributed by atoms with Gasteiger partial charge in [0.1, 0.15) is 5.54 Å². The second kappa shape index (κ2) is 7.07. The molecule has 0 spiro atoms. The molecule has 0 aromatic carbocycles. The van der Waals surface area contributed by atoms with Crippen LogP contribution in [0, 0.1) is 0 Å². The highest BCUT2D eigenvalue weighted by Gasteiger charge is 2.40. The van der Waals surface area contributed by atoms with E-state index < -0.39 is 5.54 Å². The predicted molar refractivity (Wildman–Crippen MR) is 84.3 cm³/mol. The molecule has 0 radical (unpaired) electrons. The molecule has 1 saturated heterocycles. The maximum atomic E-state index is 12.3.